The molecule has 0 rings (SSSR count). The summed E-state index contributed by atoms with van der Waals surface area (Å²) in [6, 6.07) is 0. The molecule has 0 N–H and O–H groups in total. The van der Waals surface area contributed by atoms with E-state index in [0.717, 1.165) is 0 Å². The van der Waals surface area contributed by atoms with Crippen LogP contribution in [0.2, 0.25) is 0 Å². The SMILES string of the molecule is CCC(C(C)=O)C(=O)C(=O)[O][Al]([O]C(C)C)[O]C(C)C. The molecule has 7 heteroatoms. The first kappa shape index (κ1) is 19.3. The average molecular weight is 302 g/mol. The van der Waals surface area contributed by atoms with Crippen LogP contribution in [0.15, 0.2) is 0 Å². The van der Waals surface area contributed by atoms with Gasteiger partial charge in [-0.05, 0) is 41.0 Å². The van der Waals surface area contributed by atoms with Crippen molar-refractivity contribution in [2.75, 3.05) is 0 Å². The van der Waals surface area contributed by atoms with Crippen molar-refractivity contribution in [3.63, 3.8) is 0 Å². The Kier molecular flexibility index (Phi) is 8.90. The Morgan fingerprint density at radius 3 is 1.75 bits per heavy atom. The lowest BCUT2D eigenvalue weighted by Gasteiger charge is -2.18. The van der Waals surface area contributed by atoms with Gasteiger partial charge in [-0.3, -0.25) is 9.59 Å². The molecule has 0 aromatic rings. The molecule has 0 saturated carbocycles. The van der Waals surface area contributed by atoms with E-state index in [1.54, 1.807) is 34.6 Å². The van der Waals surface area contributed by atoms with E-state index in [1.165, 1.54) is 6.92 Å². The van der Waals surface area contributed by atoms with Gasteiger partial charge in [0.15, 0.2) is 0 Å². The number of rotatable bonds is 9. The fraction of sp³-hybridized carbons (Fsp3) is 0.769. The van der Waals surface area contributed by atoms with Crippen molar-refractivity contribution in [3.8, 4) is 0 Å². The van der Waals surface area contributed by atoms with Crippen LogP contribution in [0.1, 0.15) is 48.0 Å². The van der Waals surface area contributed by atoms with Crippen molar-refractivity contribution in [2.45, 2.75) is 60.2 Å². The van der Waals surface area contributed by atoms with Gasteiger partial charge in [-0.25, -0.2) is 4.79 Å². The molecular formula is C13H23AlO6. The van der Waals surface area contributed by atoms with Gasteiger partial charge in [-0.2, -0.15) is 0 Å². The van der Waals surface area contributed by atoms with E-state index in [9.17, 15) is 14.4 Å². The Morgan fingerprint density at radius 1 is 1.00 bits per heavy atom. The van der Waals surface area contributed by atoms with Gasteiger partial charge in [0.05, 0.1) is 5.92 Å². The quantitative estimate of drug-likeness (QED) is 0.365. The molecule has 6 nitrogen and oxygen atoms in total. The summed E-state index contributed by atoms with van der Waals surface area (Å²) >= 11 is -2.73. The lowest BCUT2D eigenvalue weighted by atomic mass is 9.97. The summed E-state index contributed by atoms with van der Waals surface area (Å²) in [6.07, 6.45) is -0.0860. The number of carbonyl (C=O) groups excluding carboxylic acids is 3. The maximum absolute atomic E-state index is 11.8. The van der Waals surface area contributed by atoms with Crippen molar-refractivity contribution >= 4 is 32.7 Å². The van der Waals surface area contributed by atoms with Crippen LogP contribution in [0.4, 0.5) is 0 Å². The van der Waals surface area contributed by atoms with E-state index in [0.29, 0.717) is 0 Å². The van der Waals surface area contributed by atoms with Gasteiger partial charge < -0.3 is 11.4 Å². The van der Waals surface area contributed by atoms with Crippen molar-refractivity contribution < 1.29 is 25.7 Å². The van der Waals surface area contributed by atoms with Crippen LogP contribution >= 0.6 is 0 Å². The molecule has 1 atom stereocenters. The highest BCUT2D eigenvalue weighted by Gasteiger charge is 2.42. The zero-order valence-electron chi connectivity index (χ0n) is 13.0. The molecule has 0 fully saturated rings. The Balaban J connectivity index is 4.73. The molecule has 20 heavy (non-hydrogen) atoms. The standard InChI is InChI=1S/C7H10O4.2C3H7O.Al/c1-3-5(4(2)8)6(9)7(10)11;2*1-3(2)4;/h5H,3H2,1-2H3,(H,10,11);2*3H,1-2H3;/q;2*-1;+3/p-1. The average Bonchev–Trinajstić information content (AvgIpc) is 2.26. The Bertz CT molecular complexity index is 343. The van der Waals surface area contributed by atoms with Crippen LogP contribution in [-0.4, -0.2) is 44.9 Å². The number of Topliss-reactive ketones (excluding diaryl/α,β-unsaturated/α-hetero) is 2. The summed E-state index contributed by atoms with van der Waals surface area (Å²) in [6.45, 7) is 10.1. The van der Waals surface area contributed by atoms with Gasteiger partial charge in [-0.1, -0.05) is 6.92 Å². The zero-order chi connectivity index (χ0) is 15.9. The summed E-state index contributed by atoms with van der Waals surface area (Å²) in [7, 11) is 0. The number of ketones is 2. The van der Waals surface area contributed by atoms with Gasteiger partial charge in [0.2, 0.25) is 5.78 Å². The lowest BCUT2D eigenvalue weighted by molar-refractivity contribution is -0.153. The molecule has 0 aliphatic carbocycles. The fourth-order valence-electron chi connectivity index (χ4n) is 1.48. The first-order chi connectivity index (χ1) is 9.18. The predicted octanol–water partition coefficient (Wildman–Crippen LogP) is 1.55. The fourth-order valence-corrected chi connectivity index (χ4v) is 2.83. The molecule has 0 radical (unpaired) electrons. The van der Waals surface area contributed by atoms with E-state index in [2.05, 4.69) is 0 Å². The summed E-state index contributed by atoms with van der Waals surface area (Å²) in [4.78, 5) is 34.9. The molecule has 1 unspecified atom stereocenters. The van der Waals surface area contributed by atoms with E-state index in [-0.39, 0.29) is 24.4 Å². The maximum atomic E-state index is 11.8. The van der Waals surface area contributed by atoms with Crippen molar-refractivity contribution in [1.82, 2.24) is 0 Å². The normalized spacial score (nSPS) is 12.4. The van der Waals surface area contributed by atoms with Crippen molar-refractivity contribution in [2.24, 2.45) is 5.92 Å². The van der Waals surface area contributed by atoms with Gasteiger partial charge in [0, 0.05) is 12.2 Å². The van der Waals surface area contributed by atoms with Crippen molar-refractivity contribution in [3.05, 3.63) is 0 Å². The highest BCUT2D eigenvalue weighted by Crippen LogP contribution is 2.09. The second kappa shape index (κ2) is 9.24. The molecule has 0 aromatic carbocycles. The molecule has 0 aromatic heterocycles. The second-order valence-electron chi connectivity index (χ2n) is 5.00. The molecule has 0 bridgehead atoms. The summed E-state index contributed by atoms with van der Waals surface area (Å²) in [5.41, 5.74) is 0. The molecular weight excluding hydrogens is 279 g/mol. The Labute approximate surface area is 125 Å². The first-order valence-corrected chi connectivity index (χ1v) is 8.16. The van der Waals surface area contributed by atoms with Crippen LogP contribution in [0, 0.1) is 5.92 Å². The molecule has 0 spiro atoms. The van der Waals surface area contributed by atoms with Crippen LogP contribution in [0.25, 0.3) is 0 Å². The largest absolute Gasteiger partial charge is 1.00 e. The minimum absolute atomic E-state index is 0.178. The minimum Gasteiger partial charge on any atom is -0.566 e. The molecule has 0 aliphatic heterocycles. The third-order valence-corrected chi connectivity index (χ3v) is 4.33. The Morgan fingerprint density at radius 2 is 1.45 bits per heavy atom. The highest BCUT2D eigenvalue weighted by atomic mass is 27.3. The minimum atomic E-state index is -2.73. The summed E-state index contributed by atoms with van der Waals surface area (Å²) < 4.78 is 15.8. The number of carbonyl (C=O) groups is 3. The maximum Gasteiger partial charge on any atom is 1.00 e. The first-order valence-electron chi connectivity index (χ1n) is 6.75. The van der Waals surface area contributed by atoms with Crippen LogP contribution in [0.3, 0.4) is 0 Å². The van der Waals surface area contributed by atoms with E-state index in [4.69, 9.17) is 11.4 Å². The third kappa shape index (κ3) is 7.15. The summed E-state index contributed by atoms with van der Waals surface area (Å²) in [5.74, 6) is -3.18. The predicted molar refractivity (Wildman–Crippen MR) is 73.8 cm³/mol. The van der Waals surface area contributed by atoms with Crippen molar-refractivity contribution in [1.29, 1.82) is 0 Å². The van der Waals surface area contributed by atoms with Crippen LogP contribution in [0.5, 0.6) is 0 Å². The highest BCUT2D eigenvalue weighted by molar-refractivity contribution is 6.48. The zero-order valence-corrected chi connectivity index (χ0v) is 14.1. The van der Waals surface area contributed by atoms with Crippen LogP contribution in [-0.2, 0) is 25.7 Å². The molecule has 0 heterocycles. The van der Waals surface area contributed by atoms with Crippen LogP contribution < -0.4 is 0 Å². The Hall–Kier alpha value is -0.738. The molecule has 0 aliphatic rings. The third-order valence-electron chi connectivity index (χ3n) is 2.39. The number of hydrogen-bond acceptors (Lipinski definition) is 6. The topological polar surface area (TPSA) is 78.9 Å². The second-order valence-corrected chi connectivity index (χ2v) is 6.36. The van der Waals surface area contributed by atoms with Gasteiger partial charge in [-0.15, -0.1) is 0 Å². The monoisotopic (exact) mass is 302 g/mol. The summed E-state index contributed by atoms with van der Waals surface area (Å²) in [5, 5.41) is 0. The number of hydrogen-bond donors (Lipinski definition) is 0. The van der Waals surface area contributed by atoms with E-state index < -0.39 is 32.8 Å². The van der Waals surface area contributed by atoms with Gasteiger partial charge in [0.25, 0.3) is 0 Å². The molecule has 114 valence electrons. The van der Waals surface area contributed by atoms with Gasteiger partial charge >= 0.3 is 21.1 Å². The van der Waals surface area contributed by atoms with Gasteiger partial charge in [0.1, 0.15) is 5.78 Å². The molecule has 0 saturated heterocycles. The van der Waals surface area contributed by atoms with E-state index >= 15 is 0 Å². The van der Waals surface area contributed by atoms with E-state index in [1.807, 2.05) is 0 Å². The molecule has 0 amide bonds. The smallest absolute Gasteiger partial charge is 0.566 e. The lowest BCUT2D eigenvalue weighted by Crippen LogP contribution is -2.39.